The SMILES string of the molecule is COc1cc(I)ccc1-c1ncn(C)n1. The third kappa shape index (κ3) is 2.11. The van der Waals surface area contributed by atoms with Crippen molar-refractivity contribution in [2.75, 3.05) is 7.11 Å². The van der Waals surface area contributed by atoms with E-state index in [-0.39, 0.29) is 0 Å². The van der Waals surface area contributed by atoms with E-state index in [0.29, 0.717) is 5.82 Å². The number of hydrogen-bond donors (Lipinski definition) is 0. The second-order valence-electron chi connectivity index (χ2n) is 3.09. The van der Waals surface area contributed by atoms with Crippen molar-refractivity contribution in [2.45, 2.75) is 0 Å². The molecule has 0 unspecified atom stereocenters. The van der Waals surface area contributed by atoms with E-state index in [2.05, 4.69) is 32.7 Å². The van der Waals surface area contributed by atoms with Crippen molar-refractivity contribution in [3.63, 3.8) is 0 Å². The molecule has 0 spiro atoms. The molecule has 0 amide bonds. The smallest absolute Gasteiger partial charge is 0.184 e. The Labute approximate surface area is 101 Å². The quantitative estimate of drug-likeness (QED) is 0.797. The van der Waals surface area contributed by atoms with Gasteiger partial charge in [-0.05, 0) is 40.8 Å². The first-order valence-corrected chi connectivity index (χ1v) is 5.48. The van der Waals surface area contributed by atoms with Crippen LogP contribution in [0.5, 0.6) is 5.75 Å². The van der Waals surface area contributed by atoms with Gasteiger partial charge in [-0.1, -0.05) is 0 Å². The zero-order valence-corrected chi connectivity index (χ0v) is 10.6. The molecule has 2 aromatic rings. The van der Waals surface area contributed by atoms with Gasteiger partial charge >= 0.3 is 0 Å². The summed E-state index contributed by atoms with van der Waals surface area (Å²) in [4.78, 5) is 4.19. The molecular weight excluding hydrogens is 305 g/mol. The van der Waals surface area contributed by atoms with Gasteiger partial charge in [0, 0.05) is 10.6 Å². The molecule has 0 aliphatic rings. The van der Waals surface area contributed by atoms with E-state index in [9.17, 15) is 0 Å². The highest BCUT2D eigenvalue weighted by Gasteiger charge is 2.09. The predicted molar refractivity (Wildman–Crippen MR) is 65.7 cm³/mol. The van der Waals surface area contributed by atoms with Crippen molar-refractivity contribution in [1.82, 2.24) is 14.8 Å². The molecule has 0 atom stereocenters. The van der Waals surface area contributed by atoms with Crippen LogP contribution < -0.4 is 4.74 Å². The topological polar surface area (TPSA) is 39.9 Å². The Morgan fingerprint density at radius 1 is 1.40 bits per heavy atom. The van der Waals surface area contributed by atoms with Gasteiger partial charge in [-0.2, -0.15) is 5.10 Å². The maximum absolute atomic E-state index is 5.30. The van der Waals surface area contributed by atoms with Crippen LogP contribution in [-0.4, -0.2) is 21.9 Å². The lowest BCUT2D eigenvalue weighted by molar-refractivity contribution is 0.416. The van der Waals surface area contributed by atoms with Gasteiger partial charge in [0.25, 0.3) is 0 Å². The summed E-state index contributed by atoms with van der Waals surface area (Å²) >= 11 is 2.24. The molecule has 0 bridgehead atoms. The molecule has 15 heavy (non-hydrogen) atoms. The molecule has 0 aliphatic carbocycles. The highest BCUT2D eigenvalue weighted by Crippen LogP contribution is 2.28. The summed E-state index contributed by atoms with van der Waals surface area (Å²) in [5, 5.41) is 4.24. The second kappa shape index (κ2) is 4.18. The average molecular weight is 315 g/mol. The third-order valence-electron chi connectivity index (χ3n) is 2.00. The molecule has 0 N–H and O–H groups in total. The summed E-state index contributed by atoms with van der Waals surface area (Å²) in [6.45, 7) is 0. The Hall–Kier alpha value is -1.11. The number of rotatable bonds is 2. The summed E-state index contributed by atoms with van der Waals surface area (Å²) in [6, 6.07) is 5.94. The normalized spacial score (nSPS) is 10.3. The van der Waals surface area contributed by atoms with Gasteiger partial charge in [-0.3, -0.25) is 4.68 Å². The van der Waals surface area contributed by atoms with Gasteiger partial charge in [0.1, 0.15) is 12.1 Å². The average Bonchev–Trinajstić information content (AvgIpc) is 2.64. The fourth-order valence-corrected chi connectivity index (χ4v) is 1.78. The number of benzene rings is 1. The number of halogens is 1. The lowest BCUT2D eigenvalue weighted by Gasteiger charge is -2.05. The molecule has 0 fully saturated rings. The van der Waals surface area contributed by atoms with Gasteiger partial charge in [-0.25, -0.2) is 4.98 Å². The Morgan fingerprint density at radius 3 is 2.80 bits per heavy atom. The molecule has 0 saturated heterocycles. The van der Waals surface area contributed by atoms with E-state index in [0.717, 1.165) is 14.9 Å². The highest BCUT2D eigenvalue weighted by molar-refractivity contribution is 14.1. The summed E-state index contributed by atoms with van der Waals surface area (Å²) in [6.07, 6.45) is 1.67. The molecule has 0 aliphatic heterocycles. The number of methoxy groups -OCH3 is 1. The zero-order chi connectivity index (χ0) is 10.8. The Morgan fingerprint density at radius 2 is 2.20 bits per heavy atom. The molecule has 78 valence electrons. The first-order chi connectivity index (χ1) is 7.20. The summed E-state index contributed by atoms with van der Waals surface area (Å²) in [5.41, 5.74) is 0.915. The molecule has 0 saturated carbocycles. The number of ether oxygens (including phenoxy) is 1. The van der Waals surface area contributed by atoms with Crippen LogP contribution in [0.25, 0.3) is 11.4 Å². The van der Waals surface area contributed by atoms with Gasteiger partial charge < -0.3 is 4.74 Å². The summed E-state index contributed by atoms with van der Waals surface area (Å²) < 4.78 is 8.10. The van der Waals surface area contributed by atoms with Crippen LogP contribution in [0.3, 0.4) is 0 Å². The van der Waals surface area contributed by atoms with Crippen LogP contribution in [0.15, 0.2) is 24.5 Å². The zero-order valence-electron chi connectivity index (χ0n) is 8.44. The molecule has 1 aromatic carbocycles. The highest BCUT2D eigenvalue weighted by atomic mass is 127. The Kier molecular flexibility index (Phi) is 2.90. The molecular formula is C10H10IN3O. The van der Waals surface area contributed by atoms with E-state index in [1.54, 1.807) is 18.1 Å². The summed E-state index contributed by atoms with van der Waals surface area (Å²) in [7, 11) is 3.49. The Bertz CT molecular complexity index is 481. The van der Waals surface area contributed by atoms with Crippen molar-refractivity contribution < 1.29 is 4.74 Å². The van der Waals surface area contributed by atoms with E-state index < -0.39 is 0 Å². The van der Waals surface area contributed by atoms with Crippen molar-refractivity contribution in [3.05, 3.63) is 28.1 Å². The minimum absolute atomic E-state index is 0.686. The summed E-state index contributed by atoms with van der Waals surface area (Å²) in [5.74, 6) is 1.49. The van der Waals surface area contributed by atoms with E-state index in [1.807, 2.05) is 25.2 Å². The van der Waals surface area contributed by atoms with Gasteiger partial charge in [0.2, 0.25) is 0 Å². The fourth-order valence-electron chi connectivity index (χ4n) is 1.31. The minimum atomic E-state index is 0.686. The van der Waals surface area contributed by atoms with E-state index in [1.165, 1.54) is 0 Å². The minimum Gasteiger partial charge on any atom is -0.496 e. The first kappa shape index (κ1) is 10.4. The van der Waals surface area contributed by atoms with Gasteiger partial charge in [-0.15, -0.1) is 0 Å². The van der Waals surface area contributed by atoms with Crippen LogP contribution in [0.1, 0.15) is 0 Å². The maximum Gasteiger partial charge on any atom is 0.184 e. The fraction of sp³-hybridized carbons (Fsp3) is 0.200. The van der Waals surface area contributed by atoms with Crippen LogP contribution >= 0.6 is 22.6 Å². The molecule has 1 aromatic heterocycles. The Balaban J connectivity index is 2.52. The van der Waals surface area contributed by atoms with Crippen molar-refractivity contribution in [2.24, 2.45) is 7.05 Å². The predicted octanol–water partition coefficient (Wildman–Crippen LogP) is 2.10. The second-order valence-corrected chi connectivity index (χ2v) is 4.33. The van der Waals surface area contributed by atoms with Crippen LogP contribution in [0.2, 0.25) is 0 Å². The molecule has 1 heterocycles. The van der Waals surface area contributed by atoms with Crippen molar-refractivity contribution in [1.29, 1.82) is 0 Å². The monoisotopic (exact) mass is 315 g/mol. The standard InChI is InChI=1S/C10H10IN3O/c1-14-6-12-10(13-14)8-4-3-7(11)5-9(8)15-2/h3-6H,1-2H3. The molecule has 5 heteroatoms. The maximum atomic E-state index is 5.30. The number of aromatic nitrogens is 3. The van der Waals surface area contributed by atoms with Crippen LogP contribution in [0.4, 0.5) is 0 Å². The van der Waals surface area contributed by atoms with Gasteiger partial charge in [0.05, 0.1) is 12.7 Å². The van der Waals surface area contributed by atoms with Crippen molar-refractivity contribution in [3.8, 4) is 17.1 Å². The lowest BCUT2D eigenvalue weighted by Crippen LogP contribution is -1.92. The number of hydrogen-bond acceptors (Lipinski definition) is 3. The molecule has 2 rings (SSSR count). The van der Waals surface area contributed by atoms with Gasteiger partial charge in [0.15, 0.2) is 5.82 Å². The third-order valence-corrected chi connectivity index (χ3v) is 2.68. The van der Waals surface area contributed by atoms with E-state index >= 15 is 0 Å². The number of nitrogens with zero attached hydrogens (tertiary/aromatic N) is 3. The lowest BCUT2D eigenvalue weighted by atomic mass is 10.2. The van der Waals surface area contributed by atoms with Crippen LogP contribution in [0, 0.1) is 3.57 Å². The first-order valence-electron chi connectivity index (χ1n) is 4.40. The van der Waals surface area contributed by atoms with Crippen LogP contribution in [-0.2, 0) is 7.05 Å². The van der Waals surface area contributed by atoms with E-state index in [4.69, 9.17) is 4.74 Å². The largest absolute Gasteiger partial charge is 0.496 e. The van der Waals surface area contributed by atoms with Crippen molar-refractivity contribution >= 4 is 22.6 Å². The molecule has 0 radical (unpaired) electrons. The number of aryl methyl sites for hydroxylation is 1. The molecule has 4 nitrogen and oxygen atoms in total.